The predicted octanol–water partition coefficient (Wildman–Crippen LogP) is 11.0. The molecule has 6 nitrogen and oxygen atoms in total. The summed E-state index contributed by atoms with van der Waals surface area (Å²) in [6.45, 7) is 0. The number of benzene rings is 6. The van der Waals surface area contributed by atoms with Crippen LogP contribution < -0.4 is 0 Å². The fourth-order valence-electron chi connectivity index (χ4n) is 6.48. The van der Waals surface area contributed by atoms with Crippen LogP contribution in [0.15, 0.2) is 168 Å². The molecule has 238 valence electrons. The molecule has 0 atom stereocenters. The summed E-state index contributed by atoms with van der Waals surface area (Å²) in [6.07, 6.45) is 3.61. The third kappa shape index (κ3) is 5.69. The first kappa shape index (κ1) is 29.9. The topological polar surface area (TPSA) is 88.5 Å². The molecule has 51 heavy (non-hydrogen) atoms. The standard InChI is InChI=1S/C45H27N5O/c46-28-29-13-15-34(16-14-29)43-48-44(36-10-6-9-35(25-36)30-7-2-1-3-8-30)50-45(49-43)40-27-37(26-39-38-11-4-5-12-41(38)51-42(39)40)32-19-17-31(18-20-32)33-21-23-47-24-22-33/h1-27H. The molecule has 6 aromatic carbocycles. The summed E-state index contributed by atoms with van der Waals surface area (Å²) in [7, 11) is 0. The lowest BCUT2D eigenvalue weighted by Crippen LogP contribution is -2.01. The predicted molar refractivity (Wildman–Crippen MR) is 202 cm³/mol. The summed E-state index contributed by atoms with van der Waals surface area (Å²) in [5, 5.41) is 11.4. The zero-order valence-electron chi connectivity index (χ0n) is 27.2. The van der Waals surface area contributed by atoms with Crippen molar-refractivity contribution in [2.24, 2.45) is 0 Å². The number of rotatable bonds is 6. The molecule has 0 amide bonds. The second-order valence-corrected chi connectivity index (χ2v) is 12.3. The number of fused-ring (bicyclic) bond motifs is 3. The molecule has 0 aliphatic rings. The van der Waals surface area contributed by atoms with Crippen LogP contribution in [-0.4, -0.2) is 19.9 Å². The van der Waals surface area contributed by atoms with Gasteiger partial charge in [-0.15, -0.1) is 0 Å². The highest BCUT2D eigenvalue weighted by atomic mass is 16.3. The molecule has 3 aromatic heterocycles. The number of hydrogen-bond donors (Lipinski definition) is 0. The molecule has 6 heteroatoms. The minimum absolute atomic E-state index is 0.490. The summed E-state index contributed by atoms with van der Waals surface area (Å²) in [5.74, 6) is 1.53. The lowest BCUT2D eigenvalue weighted by molar-refractivity contribution is 0.669. The van der Waals surface area contributed by atoms with E-state index in [2.05, 4.69) is 77.8 Å². The summed E-state index contributed by atoms with van der Waals surface area (Å²) in [5.41, 5.74) is 10.9. The molecule has 0 radical (unpaired) electrons. The number of hydrogen-bond acceptors (Lipinski definition) is 6. The minimum Gasteiger partial charge on any atom is -0.455 e. The van der Waals surface area contributed by atoms with Crippen molar-refractivity contribution in [1.82, 2.24) is 19.9 Å². The average Bonchev–Trinajstić information content (AvgIpc) is 3.60. The molecular weight excluding hydrogens is 627 g/mol. The Labute approximate surface area is 294 Å². The maximum atomic E-state index is 9.45. The van der Waals surface area contributed by atoms with Gasteiger partial charge >= 0.3 is 0 Å². The Kier molecular flexibility index (Phi) is 7.42. The van der Waals surface area contributed by atoms with Crippen molar-refractivity contribution in [1.29, 1.82) is 5.26 Å². The maximum absolute atomic E-state index is 9.45. The number of aromatic nitrogens is 4. The summed E-state index contributed by atoms with van der Waals surface area (Å²) in [4.78, 5) is 19.4. The largest absolute Gasteiger partial charge is 0.455 e. The van der Waals surface area contributed by atoms with Gasteiger partial charge < -0.3 is 4.42 Å². The second-order valence-electron chi connectivity index (χ2n) is 12.3. The van der Waals surface area contributed by atoms with Gasteiger partial charge in [-0.25, -0.2) is 15.0 Å². The van der Waals surface area contributed by atoms with Gasteiger partial charge in [0, 0.05) is 34.3 Å². The zero-order chi connectivity index (χ0) is 34.1. The molecule has 9 aromatic rings. The minimum atomic E-state index is 0.490. The van der Waals surface area contributed by atoms with Gasteiger partial charge in [-0.2, -0.15) is 5.26 Å². The van der Waals surface area contributed by atoms with Crippen molar-refractivity contribution < 1.29 is 4.42 Å². The monoisotopic (exact) mass is 653 g/mol. The molecule has 0 spiro atoms. The lowest BCUT2D eigenvalue weighted by Gasteiger charge is -2.12. The van der Waals surface area contributed by atoms with Gasteiger partial charge in [0.15, 0.2) is 17.5 Å². The van der Waals surface area contributed by atoms with Crippen LogP contribution in [0.1, 0.15) is 5.56 Å². The molecule has 3 heterocycles. The smallest absolute Gasteiger partial charge is 0.167 e. The van der Waals surface area contributed by atoms with E-state index in [9.17, 15) is 5.26 Å². The zero-order valence-corrected chi connectivity index (χ0v) is 27.2. The van der Waals surface area contributed by atoms with Crippen LogP contribution in [0.5, 0.6) is 0 Å². The molecule has 0 saturated carbocycles. The molecule has 0 aliphatic carbocycles. The van der Waals surface area contributed by atoms with Crippen molar-refractivity contribution in [3.8, 4) is 73.6 Å². The van der Waals surface area contributed by atoms with E-state index in [-0.39, 0.29) is 0 Å². The van der Waals surface area contributed by atoms with Crippen molar-refractivity contribution in [2.45, 2.75) is 0 Å². The molecule has 0 aliphatic heterocycles. The molecule has 0 saturated heterocycles. The molecule has 0 fully saturated rings. The highest BCUT2D eigenvalue weighted by Gasteiger charge is 2.20. The van der Waals surface area contributed by atoms with Crippen LogP contribution in [0.25, 0.3) is 89.5 Å². The Balaban J connectivity index is 1.26. The number of pyridine rings is 1. The van der Waals surface area contributed by atoms with Crippen LogP contribution in [0.4, 0.5) is 0 Å². The van der Waals surface area contributed by atoms with Crippen molar-refractivity contribution in [2.75, 3.05) is 0 Å². The Bertz CT molecular complexity index is 2730. The molecule has 0 unspecified atom stereocenters. The van der Waals surface area contributed by atoms with E-state index in [1.165, 1.54) is 0 Å². The van der Waals surface area contributed by atoms with Crippen LogP contribution in [-0.2, 0) is 0 Å². The third-order valence-corrected chi connectivity index (χ3v) is 9.09. The number of nitrogens with zero attached hydrogens (tertiary/aromatic N) is 5. The van der Waals surface area contributed by atoms with Gasteiger partial charge in [-0.3, -0.25) is 4.98 Å². The van der Waals surface area contributed by atoms with Gasteiger partial charge in [0.05, 0.1) is 17.2 Å². The Morgan fingerprint density at radius 3 is 1.78 bits per heavy atom. The summed E-state index contributed by atoms with van der Waals surface area (Å²) < 4.78 is 6.56. The maximum Gasteiger partial charge on any atom is 0.167 e. The number of nitriles is 1. The van der Waals surface area contributed by atoms with E-state index in [1.807, 2.05) is 72.8 Å². The number of para-hydroxylation sites is 1. The Hall–Kier alpha value is -7.23. The quantitative estimate of drug-likeness (QED) is 0.177. The van der Waals surface area contributed by atoms with Crippen LogP contribution in [0.3, 0.4) is 0 Å². The van der Waals surface area contributed by atoms with Crippen LogP contribution in [0, 0.1) is 11.3 Å². The van der Waals surface area contributed by atoms with E-state index >= 15 is 0 Å². The van der Waals surface area contributed by atoms with Gasteiger partial charge in [-0.1, -0.05) is 91.0 Å². The van der Waals surface area contributed by atoms with E-state index in [0.717, 1.165) is 66.4 Å². The first-order chi connectivity index (χ1) is 25.2. The van der Waals surface area contributed by atoms with Crippen LogP contribution in [0.2, 0.25) is 0 Å². The molecule has 0 bridgehead atoms. The normalized spacial score (nSPS) is 11.1. The number of furan rings is 1. The average molecular weight is 654 g/mol. The third-order valence-electron chi connectivity index (χ3n) is 9.09. The SMILES string of the molecule is N#Cc1ccc(-c2nc(-c3cccc(-c4ccccc4)c3)nc(-c3cc(-c4ccc(-c5ccncc5)cc4)cc4c3oc3ccccc34)n2)cc1. The first-order valence-corrected chi connectivity index (χ1v) is 16.6. The highest BCUT2D eigenvalue weighted by Crippen LogP contribution is 2.40. The van der Waals surface area contributed by atoms with E-state index < -0.39 is 0 Å². The van der Waals surface area contributed by atoms with Crippen molar-refractivity contribution in [3.63, 3.8) is 0 Å². The fourth-order valence-corrected chi connectivity index (χ4v) is 6.48. The summed E-state index contributed by atoms with van der Waals surface area (Å²) in [6, 6.07) is 52.9. The van der Waals surface area contributed by atoms with E-state index in [4.69, 9.17) is 19.4 Å². The fraction of sp³-hybridized carbons (Fsp3) is 0. The highest BCUT2D eigenvalue weighted by molar-refractivity contribution is 6.11. The first-order valence-electron chi connectivity index (χ1n) is 16.6. The van der Waals surface area contributed by atoms with Gasteiger partial charge in [0.1, 0.15) is 11.2 Å². The lowest BCUT2D eigenvalue weighted by atomic mass is 9.97. The summed E-state index contributed by atoms with van der Waals surface area (Å²) >= 11 is 0. The Morgan fingerprint density at radius 2 is 1.02 bits per heavy atom. The second kappa shape index (κ2) is 12.7. The van der Waals surface area contributed by atoms with Gasteiger partial charge in [0.2, 0.25) is 0 Å². The molecule has 9 rings (SSSR count). The molecular formula is C45H27N5O. The van der Waals surface area contributed by atoms with Crippen molar-refractivity contribution in [3.05, 3.63) is 170 Å². The van der Waals surface area contributed by atoms with E-state index in [1.54, 1.807) is 24.5 Å². The molecule has 0 N–H and O–H groups in total. The van der Waals surface area contributed by atoms with Gasteiger partial charge in [-0.05, 0) is 94.0 Å². The van der Waals surface area contributed by atoms with Gasteiger partial charge in [0.25, 0.3) is 0 Å². The van der Waals surface area contributed by atoms with E-state index in [0.29, 0.717) is 28.6 Å². The van der Waals surface area contributed by atoms with Crippen LogP contribution >= 0.6 is 0 Å². The van der Waals surface area contributed by atoms with Crippen molar-refractivity contribution >= 4 is 21.9 Å². The Morgan fingerprint density at radius 1 is 0.431 bits per heavy atom.